The molecule has 3 nitrogen and oxygen atoms in total. The molecule has 0 unspecified atom stereocenters. The molecule has 0 radical (unpaired) electrons. The summed E-state index contributed by atoms with van der Waals surface area (Å²) < 4.78 is 2.12. The zero-order valence-corrected chi connectivity index (χ0v) is 7.38. The lowest BCUT2D eigenvalue weighted by Gasteiger charge is -2.11. The number of aromatic nitrogens is 2. The number of anilines is 1. The zero-order valence-electron chi connectivity index (χ0n) is 7.38. The van der Waals surface area contributed by atoms with Crippen LogP contribution >= 0.6 is 0 Å². The van der Waals surface area contributed by atoms with Gasteiger partial charge in [-0.15, -0.1) is 0 Å². The minimum absolute atomic E-state index is 1.00. The number of rotatable bonds is 1. The first-order valence-corrected chi connectivity index (χ1v) is 4.52. The van der Waals surface area contributed by atoms with E-state index in [1.807, 2.05) is 6.33 Å². The Labute approximate surface area is 72.4 Å². The number of fused-ring (bicyclic) bond motifs is 1. The van der Waals surface area contributed by atoms with Crippen LogP contribution in [-0.4, -0.2) is 11.5 Å². The highest BCUT2D eigenvalue weighted by Gasteiger charge is 2.14. The Balaban J connectivity index is 2.36. The van der Waals surface area contributed by atoms with E-state index in [4.69, 9.17) is 0 Å². The molecule has 0 aromatic carbocycles. The smallest absolute Gasteiger partial charge is 0.288 e. The van der Waals surface area contributed by atoms with E-state index in [-0.39, 0.29) is 0 Å². The second-order valence-corrected chi connectivity index (χ2v) is 3.11. The van der Waals surface area contributed by atoms with Gasteiger partial charge in [-0.25, -0.2) is 4.57 Å². The molecular weight excluding hydrogens is 150 g/mol. The molecule has 1 aliphatic heterocycles. The first-order valence-electron chi connectivity index (χ1n) is 4.52. The third kappa shape index (κ3) is 1.26. The summed E-state index contributed by atoms with van der Waals surface area (Å²) in [5.74, 6) is 1.07. The molecule has 0 atom stereocenters. The van der Waals surface area contributed by atoms with Gasteiger partial charge in [-0.05, 0) is 24.7 Å². The Morgan fingerprint density at radius 3 is 3.42 bits per heavy atom. The van der Waals surface area contributed by atoms with Crippen molar-refractivity contribution in [3.8, 4) is 0 Å². The van der Waals surface area contributed by atoms with E-state index >= 15 is 0 Å². The van der Waals surface area contributed by atoms with Crippen molar-refractivity contribution in [3.05, 3.63) is 18.1 Å². The molecule has 1 N–H and O–H groups in total. The van der Waals surface area contributed by atoms with Crippen molar-refractivity contribution < 1.29 is 4.57 Å². The van der Waals surface area contributed by atoms with Crippen LogP contribution in [0.3, 0.4) is 0 Å². The van der Waals surface area contributed by atoms with Gasteiger partial charge in [0.25, 0.3) is 6.33 Å². The second-order valence-electron chi connectivity index (χ2n) is 3.11. The van der Waals surface area contributed by atoms with Crippen molar-refractivity contribution in [2.75, 3.05) is 11.9 Å². The zero-order chi connectivity index (χ0) is 8.39. The topological polar surface area (TPSA) is 28.8 Å². The summed E-state index contributed by atoms with van der Waals surface area (Å²) in [7, 11) is 0. The Morgan fingerprint density at radius 1 is 1.67 bits per heavy atom. The van der Waals surface area contributed by atoms with Gasteiger partial charge in [0, 0.05) is 6.54 Å². The van der Waals surface area contributed by atoms with E-state index in [2.05, 4.69) is 28.0 Å². The SMILES string of the molecule is CC[n+]1cnc2c(c1)CCCN2. The van der Waals surface area contributed by atoms with E-state index in [1.165, 1.54) is 12.0 Å². The van der Waals surface area contributed by atoms with E-state index in [9.17, 15) is 0 Å². The predicted molar refractivity (Wildman–Crippen MR) is 46.9 cm³/mol. The normalized spacial score (nSPS) is 15.1. The van der Waals surface area contributed by atoms with Crippen molar-refractivity contribution in [2.24, 2.45) is 0 Å². The predicted octanol–water partition coefficient (Wildman–Crippen LogP) is 0.747. The molecular formula is C9H14N3+. The molecule has 64 valence electrons. The highest BCUT2D eigenvalue weighted by molar-refractivity contribution is 5.43. The fourth-order valence-corrected chi connectivity index (χ4v) is 1.51. The lowest BCUT2D eigenvalue weighted by Crippen LogP contribution is -2.34. The largest absolute Gasteiger partial charge is 0.349 e. The van der Waals surface area contributed by atoms with Gasteiger partial charge in [0.15, 0.2) is 0 Å². The van der Waals surface area contributed by atoms with Crippen LogP contribution in [0.5, 0.6) is 0 Å². The lowest BCUT2D eigenvalue weighted by atomic mass is 10.1. The van der Waals surface area contributed by atoms with Gasteiger partial charge in [-0.1, -0.05) is 0 Å². The van der Waals surface area contributed by atoms with Crippen LogP contribution in [0.1, 0.15) is 18.9 Å². The number of hydrogen-bond donors (Lipinski definition) is 1. The van der Waals surface area contributed by atoms with Gasteiger partial charge < -0.3 is 5.32 Å². The van der Waals surface area contributed by atoms with Crippen LogP contribution in [-0.2, 0) is 13.0 Å². The lowest BCUT2D eigenvalue weighted by molar-refractivity contribution is -0.696. The van der Waals surface area contributed by atoms with Crippen molar-refractivity contribution in [2.45, 2.75) is 26.3 Å². The molecule has 1 aliphatic rings. The van der Waals surface area contributed by atoms with Crippen molar-refractivity contribution in [1.29, 1.82) is 0 Å². The fraction of sp³-hybridized carbons (Fsp3) is 0.556. The van der Waals surface area contributed by atoms with Gasteiger partial charge >= 0.3 is 0 Å². The molecule has 3 heteroatoms. The third-order valence-corrected chi connectivity index (χ3v) is 2.24. The Kier molecular flexibility index (Phi) is 1.94. The summed E-state index contributed by atoms with van der Waals surface area (Å²) >= 11 is 0. The molecule has 2 heterocycles. The maximum absolute atomic E-state index is 4.34. The third-order valence-electron chi connectivity index (χ3n) is 2.24. The summed E-state index contributed by atoms with van der Waals surface area (Å²) in [6.07, 6.45) is 6.46. The Bertz CT molecular complexity index is 283. The summed E-state index contributed by atoms with van der Waals surface area (Å²) in [5, 5.41) is 3.29. The van der Waals surface area contributed by atoms with E-state index in [1.54, 1.807) is 0 Å². The highest BCUT2D eigenvalue weighted by Crippen LogP contribution is 2.15. The Hall–Kier alpha value is -1.12. The van der Waals surface area contributed by atoms with Gasteiger partial charge in [0.1, 0.15) is 0 Å². The number of nitrogens with zero attached hydrogens (tertiary/aromatic N) is 2. The second kappa shape index (κ2) is 3.09. The first kappa shape index (κ1) is 7.53. The maximum atomic E-state index is 4.34. The molecule has 0 fully saturated rings. The van der Waals surface area contributed by atoms with E-state index < -0.39 is 0 Å². The highest BCUT2D eigenvalue weighted by atomic mass is 15.1. The van der Waals surface area contributed by atoms with Crippen LogP contribution in [0.2, 0.25) is 0 Å². The fourth-order valence-electron chi connectivity index (χ4n) is 1.51. The summed E-state index contributed by atoms with van der Waals surface area (Å²) in [6, 6.07) is 0. The molecule has 0 amide bonds. The van der Waals surface area contributed by atoms with Crippen LogP contribution in [0, 0.1) is 0 Å². The maximum Gasteiger partial charge on any atom is 0.288 e. The summed E-state index contributed by atoms with van der Waals surface area (Å²) in [4.78, 5) is 4.34. The van der Waals surface area contributed by atoms with Gasteiger partial charge in [-0.3, -0.25) is 0 Å². The first-order chi connectivity index (χ1) is 5.90. The Morgan fingerprint density at radius 2 is 2.58 bits per heavy atom. The summed E-state index contributed by atoms with van der Waals surface area (Å²) in [5.41, 5.74) is 1.35. The standard InChI is InChI=1S/C9H13N3/c1-2-12-6-8-4-3-5-10-9(8)11-7-12/h6-7H,2-5H2,1H3/p+1. The molecule has 0 spiro atoms. The average molecular weight is 164 g/mol. The number of aryl methyl sites for hydroxylation is 2. The van der Waals surface area contributed by atoms with Gasteiger partial charge in [0.05, 0.1) is 18.3 Å². The number of nitrogens with one attached hydrogen (secondary N) is 1. The van der Waals surface area contributed by atoms with Crippen molar-refractivity contribution in [1.82, 2.24) is 4.98 Å². The molecule has 12 heavy (non-hydrogen) atoms. The molecule has 0 aliphatic carbocycles. The van der Waals surface area contributed by atoms with Crippen LogP contribution < -0.4 is 9.88 Å². The van der Waals surface area contributed by atoms with E-state index in [0.717, 1.165) is 25.3 Å². The van der Waals surface area contributed by atoms with Crippen LogP contribution in [0.4, 0.5) is 5.82 Å². The van der Waals surface area contributed by atoms with Gasteiger partial charge in [0.2, 0.25) is 5.82 Å². The molecule has 0 saturated carbocycles. The summed E-state index contributed by atoms with van der Waals surface area (Å²) in [6.45, 7) is 4.20. The number of hydrogen-bond acceptors (Lipinski definition) is 2. The average Bonchev–Trinajstić information content (AvgIpc) is 2.17. The molecule has 1 aromatic heterocycles. The van der Waals surface area contributed by atoms with Crippen molar-refractivity contribution in [3.63, 3.8) is 0 Å². The quantitative estimate of drug-likeness (QED) is 0.620. The molecule has 0 saturated heterocycles. The van der Waals surface area contributed by atoms with E-state index in [0.29, 0.717) is 0 Å². The van der Waals surface area contributed by atoms with Crippen LogP contribution in [0.25, 0.3) is 0 Å². The molecule has 1 aromatic rings. The van der Waals surface area contributed by atoms with Gasteiger partial charge in [-0.2, -0.15) is 0 Å². The minimum atomic E-state index is 1.00. The molecule has 2 rings (SSSR count). The van der Waals surface area contributed by atoms with Crippen LogP contribution in [0.15, 0.2) is 12.5 Å². The van der Waals surface area contributed by atoms with Crippen molar-refractivity contribution >= 4 is 5.82 Å². The monoisotopic (exact) mass is 164 g/mol. The minimum Gasteiger partial charge on any atom is -0.349 e. The molecule has 0 bridgehead atoms.